The van der Waals surface area contributed by atoms with Crippen LogP contribution in [0.4, 0.5) is 5.69 Å². The molecule has 1 saturated carbocycles. The van der Waals surface area contributed by atoms with Crippen molar-refractivity contribution in [2.45, 2.75) is 57.5 Å². The Labute approximate surface area is 128 Å². The van der Waals surface area contributed by atoms with Crippen molar-refractivity contribution < 1.29 is 0 Å². The van der Waals surface area contributed by atoms with Crippen LogP contribution in [0.2, 0.25) is 0 Å². The van der Waals surface area contributed by atoms with Gasteiger partial charge >= 0.3 is 0 Å². The van der Waals surface area contributed by atoms with E-state index in [-0.39, 0.29) is 5.54 Å². The minimum atomic E-state index is 0.259. The number of allylic oxidation sites excluding steroid dienone is 2. The fourth-order valence-corrected chi connectivity index (χ4v) is 5.15. The molecule has 0 amide bonds. The Balaban J connectivity index is 1.90. The summed E-state index contributed by atoms with van der Waals surface area (Å²) in [5.74, 6) is 0. The lowest BCUT2D eigenvalue weighted by Crippen LogP contribution is -2.53. The molecule has 3 aliphatic rings. The summed E-state index contributed by atoms with van der Waals surface area (Å²) in [6.45, 7) is 5.03. The number of hydrogen-bond acceptors (Lipinski definition) is 1. The number of benzene rings is 1. The third-order valence-corrected chi connectivity index (χ3v) is 6.42. The second-order valence-electron chi connectivity index (χ2n) is 7.32. The normalized spacial score (nSPS) is 37.9. The van der Waals surface area contributed by atoms with Gasteiger partial charge in [-0.1, -0.05) is 56.2 Å². The van der Waals surface area contributed by atoms with E-state index in [1.165, 1.54) is 31.4 Å². The van der Waals surface area contributed by atoms with Crippen molar-refractivity contribution in [3.63, 3.8) is 0 Å². The maximum Gasteiger partial charge on any atom is 0.0552 e. The molecule has 4 rings (SSSR count). The SMILES string of the molecule is CC12CCCCC1(C)N(c1ccccc1)C1CC=CC=C12. The Morgan fingerprint density at radius 3 is 2.62 bits per heavy atom. The smallest absolute Gasteiger partial charge is 0.0552 e. The van der Waals surface area contributed by atoms with E-state index < -0.39 is 0 Å². The summed E-state index contributed by atoms with van der Waals surface area (Å²) < 4.78 is 0. The number of hydrogen-bond donors (Lipinski definition) is 0. The van der Waals surface area contributed by atoms with E-state index in [0.717, 1.165) is 6.42 Å². The van der Waals surface area contributed by atoms with Crippen molar-refractivity contribution in [2.24, 2.45) is 5.41 Å². The average Bonchev–Trinajstić information content (AvgIpc) is 2.73. The first-order valence-corrected chi connectivity index (χ1v) is 8.38. The zero-order valence-electron chi connectivity index (χ0n) is 13.2. The average molecular weight is 279 g/mol. The van der Waals surface area contributed by atoms with Gasteiger partial charge in [0, 0.05) is 16.6 Å². The van der Waals surface area contributed by atoms with Gasteiger partial charge in [0.25, 0.3) is 0 Å². The monoisotopic (exact) mass is 279 g/mol. The maximum absolute atomic E-state index is 2.75. The highest BCUT2D eigenvalue weighted by molar-refractivity contribution is 5.60. The molecule has 1 aromatic carbocycles. The van der Waals surface area contributed by atoms with Gasteiger partial charge in [-0.05, 0) is 43.9 Å². The quantitative estimate of drug-likeness (QED) is 0.691. The molecule has 2 fully saturated rings. The lowest BCUT2D eigenvalue weighted by atomic mass is 9.61. The van der Waals surface area contributed by atoms with Crippen LogP contribution in [0.3, 0.4) is 0 Å². The van der Waals surface area contributed by atoms with Gasteiger partial charge in [-0.3, -0.25) is 0 Å². The fourth-order valence-electron chi connectivity index (χ4n) is 5.15. The predicted molar refractivity (Wildman–Crippen MR) is 89.5 cm³/mol. The Hall–Kier alpha value is -1.50. The summed E-state index contributed by atoms with van der Waals surface area (Å²) >= 11 is 0. The summed E-state index contributed by atoms with van der Waals surface area (Å²) in [6, 6.07) is 11.6. The first-order valence-electron chi connectivity index (χ1n) is 8.38. The molecule has 0 N–H and O–H groups in total. The molecule has 3 unspecified atom stereocenters. The number of rotatable bonds is 1. The Kier molecular flexibility index (Phi) is 2.82. The van der Waals surface area contributed by atoms with Gasteiger partial charge in [0.05, 0.1) is 6.04 Å². The third-order valence-electron chi connectivity index (χ3n) is 6.42. The lowest BCUT2D eigenvalue weighted by molar-refractivity contribution is 0.159. The first-order chi connectivity index (χ1) is 10.2. The lowest BCUT2D eigenvalue weighted by Gasteiger charge is -2.50. The van der Waals surface area contributed by atoms with Crippen molar-refractivity contribution >= 4 is 5.69 Å². The highest BCUT2D eigenvalue weighted by Gasteiger charge is 2.60. The van der Waals surface area contributed by atoms with E-state index in [9.17, 15) is 0 Å². The van der Waals surface area contributed by atoms with E-state index in [4.69, 9.17) is 0 Å². The number of anilines is 1. The van der Waals surface area contributed by atoms with Crippen LogP contribution in [0.15, 0.2) is 54.1 Å². The van der Waals surface area contributed by atoms with Crippen LogP contribution in [-0.4, -0.2) is 11.6 Å². The standard InChI is InChI=1S/C20H25N/c1-19-14-8-9-15-20(19,2)21(16-10-4-3-5-11-16)18-13-7-6-12-17(18)19/h3-7,10-12,18H,8-9,13-15H2,1-2H3. The highest BCUT2D eigenvalue weighted by atomic mass is 15.3. The largest absolute Gasteiger partial charge is 0.358 e. The molecule has 3 atom stereocenters. The van der Waals surface area contributed by atoms with Gasteiger partial charge in [-0.25, -0.2) is 0 Å². The molecule has 110 valence electrons. The van der Waals surface area contributed by atoms with Crippen LogP contribution >= 0.6 is 0 Å². The number of fused-ring (bicyclic) bond motifs is 3. The van der Waals surface area contributed by atoms with Crippen LogP contribution < -0.4 is 4.90 Å². The van der Waals surface area contributed by atoms with Crippen molar-refractivity contribution in [2.75, 3.05) is 4.90 Å². The molecule has 1 heteroatoms. The molecule has 1 nitrogen and oxygen atoms in total. The van der Waals surface area contributed by atoms with Gasteiger partial charge in [0.15, 0.2) is 0 Å². The Morgan fingerprint density at radius 2 is 1.81 bits per heavy atom. The van der Waals surface area contributed by atoms with Gasteiger partial charge in [-0.2, -0.15) is 0 Å². The van der Waals surface area contributed by atoms with Crippen molar-refractivity contribution in [1.29, 1.82) is 0 Å². The van der Waals surface area contributed by atoms with Crippen LogP contribution in [0, 0.1) is 5.41 Å². The Morgan fingerprint density at radius 1 is 1.05 bits per heavy atom. The molecule has 1 saturated heterocycles. The summed E-state index contributed by atoms with van der Waals surface area (Å²) in [4.78, 5) is 2.75. The summed E-state index contributed by atoms with van der Waals surface area (Å²) in [7, 11) is 0. The topological polar surface area (TPSA) is 3.24 Å². The van der Waals surface area contributed by atoms with Crippen molar-refractivity contribution in [1.82, 2.24) is 0 Å². The predicted octanol–water partition coefficient (Wildman–Crippen LogP) is 5.10. The second-order valence-corrected chi connectivity index (χ2v) is 7.32. The fraction of sp³-hybridized carbons (Fsp3) is 0.500. The van der Waals surface area contributed by atoms with Gasteiger partial charge in [0.1, 0.15) is 0 Å². The second kappa shape index (κ2) is 4.50. The van der Waals surface area contributed by atoms with E-state index >= 15 is 0 Å². The molecule has 1 aliphatic heterocycles. The maximum atomic E-state index is 2.75. The summed E-state index contributed by atoms with van der Waals surface area (Å²) in [5.41, 5.74) is 3.67. The van der Waals surface area contributed by atoms with Gasteiger partial charge in [0.2, 0.25) is 0 Å². The minimum Gasteiger partial charge on any atom is -0.358 e. The molecule has 21 heavy (non-hydrogen) atoms. The zero-order chi connectivity index (χ0) is 14.5. The number of para-hydroxylation sites is 1. The van der Waals surface area contributed by atoms with Crippen LogP contribution in [0.25, 0.3) is 0 Å². The first kappa shape index (κ1) is 13.2. The van der Waals surface area contributed by atoms with E-state index in [1.807, 2.05) is 0 Å². The van der Waals surface area contributed by atoms with E-state index in [1.54, 1.807) is 5.57 Å². The van der Waals surface area contributed by atoms with Gasteiger partial charge in [-0.15, -0.1) is 0 Å². The van der Waals surface area contributed by atoms with E-state index in [2.05, 4.69) is 67.3 Å². The molecular weight excluding hydrogens is 254 g/mol. The highest BCUT2D eigenvalue weighted by Crippen LogP contribution is 2.61. The van der Waals surface area contributed by atoms with Crippen molar-refractivity contribution in [3.05, 3.63) is 54.1 Å². The summed E-state index contributed by atoms with van der Waals surface area (Å²) in [5, 5.41) is 0. The number of nitrogens with zero attached hydrogens (tertiary/aromatic N) is 1. The van der Waals surface area contributed by atoms with Crippen LogP contribution in [-0.2, 0) is 0 Å². The van der Waals surface area contributed by atoms with Gasteiger partial charge < -0.3 is 4.90 Å². The molecule has 1 heterocycles. The third kappa shape index (κ3) is 1.64. The van der Waals surface area contributed by atoms with E-state index in [0.29, 0.717) is 11.5 Å². The minimum absolute atomic E-state index is 0.259. The van der Waals surface area contributed by atoms with Crippen LogP contribution in [0.1, 0.15) is 46.0 Å². The molecule has 0 bridgehead atoms. The molecule has 0 aromatic heterocycles. The molecule has 0 spiro atoms. The Bertz CT molecular complexity index is 600. The summed E-state index contributed by atoms with van der Waals surface area (Å²) in [6.07, 6.45) is 13.6. The molecule has 2 aliphatic carbocycles. The zero-order valence-corrected chi connectivity index (χ0v) is 13.2. The molecule has 1 aromatic rings. The van der Waals surface area contributed by atoms with Crippen molar-refractivity contribution in [3.8, 4) is 0 Å². The van der Waals surface area contributed by atoms with Crippen LogP contribution in [0.5, 0.6) is 0 Å². The molecule has 0 radical (unpaired) electrons. The molecular formula is C20H25N.